The molecule has 0 aliphatic heterocycles. The maximum atomic E-state index is 9.86. The Bertz CT molecular complexity index is 258. The molecule has 0 radical (unpaired) electrons. The molecule has 0 aromatic heterocycles. The van der Waals surface area contributed by atoms with Gasteiger partial charge in [0.25, 0.3) is 0 Å². The van der Waals surface area contributed by atoms with E-state index in [1.807, 2.05) is 0 Å². The van der Waals surface area contributed by atoms with Gasteiger partial charge in [-0.05, 0) is 6.04 Å². The monoisotopic (exact) mass is 397 g/mol. The summed E-state index contributed by atoms with van der Waals surface area (Å²) in [4.78, 5) is 0. The lowest BCUT2D eigenvalue weighted by atomic mass is 10.1. The largest absolute Gasteiger partial charge is 1.00 e. The molecule has 3 nitrogen and oxygen atoms in total. The molecule has 0 saturated heterocycles. The Hall–Kier alpha value is 0.577. The average molecular weight is 399 g/mol. The van der Waals surface area contributed by atoms with E-state index in [0.717, 1.165) is 17.1 Å². The highest BCUT2D eigenvalue weighted by Crippen LogP contribution is 2.20. The van der Waals surface area contributed by atoms with Crippen LogP contribution in [0.5, 0.6) is 0 Å². The van der Waals surface area contributed by atoms with Gasteiger partial charge in [0.1, 0.15) is 6.54 Å². The van der Waals surface area contributed by atoms with Gasteiger partial charge in [0.05, 0.1) is 21.1 Å². The SMILES string of the molecule is CCCCCCCC[Si](C)(C)CCOC(O)C[N+](C)(C)C.[Br-]. The van der Waals surface area contributed by atoms with Gasteiger partial charge in [-0.25, -0.2) is 0 Å². The molecule has 0 fully saturated rings. The second-order valence-corrected chi connectivity index (χ2v) is 13.6. The number of likely N-dealkylation sites (N-methyl/N-ethyl adjacent to an activating group) is 1. The molecule has 0 aromatic carbocycles. The van der Waals surface area contributed by atoms with Crippen LogP contribution in [0.15, 0.2) is 0 Å². The minimum atomic E-state index is -1.14. The van der Waals surface area contributed by atoms with E-state index in [1.54, 1.807) is 0 Å². The van der Waals surface area contributed by atoms with Crippen molar-refractivity contribution in [3.63, 3.8) is 0 Å². The molecule has 136 valence electrons. The first-order chi connectivity index (χ1) is 9.66. The summed E-state index contributed by atoms with van der Waals surface area (Å²) >= 11 is 0. The van der Waals surface area contributed by atoms with E-state index in [-0.39, 0.29) is 17.0 Å². The standard InChI is InChI=1S/C17H40NO2Si.BrH/c1-7-8-9-10-11-12-14-21(5,6)15-13-20-17(19)16-18(2,3)4;/h17,19H,7-16H2,1-6H3;1H/q+1;/p-1. The summed E-state index contributed by atoms with van der Waals surface area (Å²) in [7, 11) is 5.08. The number of unbranched alkanes of at least 4 members (excludes halogenated alkanes) is 5. The molecule has 0 bridgehead atoms. The van der Waals surface area contributed by atoms with Gasteiger partial charge in [-0.2, -0.15) is 0 Å². The van der Waals surface area contributed by atoms with Crippen LogP contribution in [0.25, 0.3) is 0 Å². The molecule has 22 heavy (non-hydrogen) atoms. The van der Waals surface area contributed by atoms with Gasteiger partial charge in [-0.15, -0.1) is 0 Å². The Kier molecular flexibility index (Phi) is 14.6. The Balaban J connectivity index is 0. The molecule has 1 unspecified atom stereocenters. The normalized spacial score (nSPS) is 13.8. The number of ether oxygens (including phenoxy) is 1. The highest BCUT2D eigenvalue weighted by atomic mass is 79.9. The quantitative estimate of drug-likeness (QED) is 0.218. The first-order valence-corrected chi connectivity index (χ1v) is 12.2. The van der Waals surface area contributed by atoms with Crippen molar-refractivity contribution in [2.45, 2.75) is 76.9 Å². The predicted molar refractivity (Wildman–Crippen MR) is 95.3 cm³/mol. The number of hydrogen-bond acceptors (Lipinski definition) is 2. The molecular weight excluding hydrogens is 358 g/mol. The van der Waals surface area contributed by atoms with Crippen LogP contribution < -0.4 is 17.0 Å². The summed E-state index contributed by atoms with van der Waals surface area (Å²) in [5.41, 5.74) is 0. The van der Waals surface area contributed by atoms with Gasteiger partial charge in [0.15, 0.2) is 0 Å². The van der Waals surface area contributed by atoms with Gasteiger partial charge < -0.3 is 31.3 Å². The van der Waals surface area contributed by atoms with Crippen molar-refractivity contribution >= 4 is 8.07 Å². The molecule has 0 rings (SSSR count). The molecule has 0 aliphatic rings. The van der Waals surface area contributed by atoms with E-state index in [4.69, 9.17) is 4.74 Å². The van der Waals surface area contributed by atoms with Crippen molar-refractivity contribution in [2.24, 2.45) is 0 Å². The van der Waals surface area contributed by atoms with E-state index in [1.165, 1.54) is 44.6 Å². The van der Waals surface area contributed by atoms with E-state index in [9.17, 15) is 5.11 Å². The fourth-order valence-corrected chi connectivity index (χ4v) is 4.63. The van der Waals surface area contributed by atoms with Gasteiger partial charge in [-0.3, -0.25) is 0 Å². The molecule has 0 heterocycles. The third-order valence-electron chi connectivity index (χ3n) is 4.00. The third-order valence-corrected chi connectivity index (χ3v) is 7.26. The van der Waals surface area contributed by atoms with Gasteiger partial charge in [0.2, 0.25) is 6.29 Å². The smallest absolute Gasteiger partial charge is 0.205 e. The molecule has 1 N–H and O–H groups in total. The van der Waals surface area contributed by atoms with Crippen molar-refractivity contribution in [1.82, 2.24) is 0 Å². The number of hydrogen-bond donors (Lipinski definition) is 1. The summed E-state index contributed by atoms with van der Waals surface area (Å²) in [5.74, 6) is 0. The number of nitrogens with zero attached hydrogens (tertiary/aromatic N) is 1. The van der Waals surface area contributed by atoms with Crippen LogP contribution in [0.2, 0.25) is 25.2 Å². The molecule has 0 saturated carbocycles. The second-order valence-electron chi connectivity index (χ2n) is 8.23. The minimum Gasteiger partial charge on any atom is -1.00 e. The average Bonchev–Trinajstić information content (AvgIpc) is 2.31. The van der Waals surface area contributed by atoms with Crippen molar-refractivity contribution in [2.75, 3.05) is 34.3 Å². The van der Waals surface area contributed by atoms with Crippen LogP contribution in [-0.2, 0) is 4.74 Å². The second kappa shape index (κ2) is 12.9. The summed E-state index contributed by atoms with van der Waals surface area (Å²) in [6.45, 7) is 8.54. The Morgan fingerprint density at radius 3 is 2.05 bits per heavy atom. The number of halogens is 1. The van der Waals surface area contributed by atoms with Crippen LogP contribution >= 0.6 is 0 Å². The fourth-order valence-electron chi connectivity index (χ4n) is 2.50. The van der Waals surface area contributed by atoms with Crippen LogP contribution in [-0.4, -0.2) is 58.2 Å². The Morgan fingerprint density at radius 2 is 1.50 bits per heavy atom. The van der Waals surface area contributed by atoms with E-state index < -0.39 is 14.4 Å². The summed E-state index contributed by atoms with van der Waals surface area (Å²) in [5, 5.41) is 9.86. The molecule has 0 amide bonds. The first-order valence-electron chi connectivity index (χ1n) is 8.76. The van der Waals surface area contributed by atoms with Gasteiger partial charge in [0, 0.05) is 14.7 Å². The lowest BCUT2D eigenvalue weighted by Gasteiger charge is -2.27. The summed E-state index contributed by atoms with van der Waals surface area (Å²) < 4.78 is 6.32. The van der Waals surface area contributed by atoms with E-state index in [0.29, 0.717) is 6.54 Å². The molecule has 0 aliphatic carbocycles. The van der Waals surface area contributed by atoms with Crippen LogP contribution in [0.4, 0.5) is 0 Å². The first kappa shape index (κ1) is 24.8. The zero-order chi connectivity index (χ0) is 16.4. The Labute approximate surface area is 150 Å². The predicted octanol–water partition coefficient (Wildman–Crippen LogP) is 1.10. The van der Waals surface area contributed by atoms with Crippen LogP contribution in [0, 0.1) is 0 Å². The highest BCUT2D eigenvalue weighted by Gasteiger charge is 2.21. The fraction of sp³-hybridized carbons (Fsp3) is 1.00. The van der Waals surface area contributed by atoms with Crippen molar-refractivity contribution < 1.29 is 31.3 Å². The summed E-state index contributed by atoms with van der Waals surface area (Å²) in [6, 6.07) is 2.56. The van der Waals surface area contributed by atoms with Crippen molar-refractivity contribution in [3.05, 3.63) is 0 Å². The highest BCUT2D eigenvalue weighted by molar-refractivity contribution is 6.77. The van der Waals surface area contributed by atoms with E-state index in [2.05, 4.69) is 41.2 Å². The van der Waals surface area contributed by atoms with Crippen LogP contribution in [0.3, 0.4) is 0 Å². The van der Waals surface area contributed by atoms with Gasteiger partial charge >= 0.3 is 0 Å². The van der Waals surface area contributed by atoms with Crippen LogP contribution in [0.1, 0.15) is 45.4 Å². The van der Waals surface area contributed by atoms with Gasteiger partial charge in [-0.1, -0.05) is 64.6 Å². The molecule has 1 atom stereocenters. The zero-order valence-electron chi connectivity index (χ0n) is 15.8. The van der Waals surface area contributed by atoms with E-state index >= 15 is 0 Å². The maximum absolute atomic E-state index is 9.86. The third kappa shape index (κ3) is 16.9. The van der Waals surface area contributed by atoms with Crippen molar-refractivity contribution in [3.8, 4) is 0 Å². The Morgan fingerprint density at radius 1 is 0.955 bits per heavy atom. The number of aliphatic hydroxyl groups excluding tert-OH is 1. The molecule has 0 aromatic rings. The lowest BCUT2D eigenvalue weighted by Crippen LogP contribution is -3.00. The summed E-state index contributed by atoms with van der Waals surface area (Å²) in [6.07, 6.45) is 7.66. The number of rotatable bonds is 13. The lowest BCUT2D eigenvalue weighted by molar-refractivity contribution is -0.876. The van der Waals surface area contributed by atoms with Crippen molar-refractivity contribution in [1.29, 1.82) is 0 Å². The topological polar surface area (TPSA) is 29.5 Å². The maximum Gasteiger partial charge on any atom is 0.205 e. The zero-order valence-corrected chi connectivity index (χ0v) is 18.4. The number of aliphatic hydroxyl groups is 1. The minimum absolute atomic E-state index is 0. The molecule has 0 spiro atoms. The number of quaternary nitrogens is 1. The molecule has 5 heteroatoms. The molecular formula is C17H40BrNO2Si.